The summed E-state index contributed by atoms with van der Waals surface area (Å²) >= 11 is 0. The summed E-state index contributed by atoms with van der Waals surface area (Å²) in [4.78, 5) is 92.9. The molecule has 0 aliphatic rings. The summed E-state index contributed by atoms with van der Waals surface area (Å²) in [6, 6.07) is 9.96. The van der Waals surface area contributed by atoms with E-state index in [1.807, 2.05) is 0 Å². The second-order valence-corrected chi connectivity index (χ2v) is 16.3. The summed E-state index contributed by atoms with van der Waals surface area (Å²) in [5.74, 6) is -5.07. The minimum absolute atomic E-state index is 0.00729. The standard InChI is InChI=1S/C44H57N7O20/c52-24-28(55)21-45-18-9-31(58)34(61)37(45)48(40(64)65)15-4-12-44(51(43(70)71)27-7-2-1-3-8-27,13-5-16-49(41(66)67)38-35(62)32(59)10-19-46(38)22-29(56)25-53)14-6-17-50(42(68)69)39-36(63)33(60)11-20-47(39)23-30(57)26-54/h1-3,7-11,18-20,28-30,52-57,61-63H,4-6,12-17,21-26H2,(H,64,65)(H,66,67)(H,68,69)(H,70,71). The summed E-state index contributed by atoms with van der Waals surface area (Å²) in [7, 11) is 0. The van der Waals surface area contributed by atoms with Crippen LogP contribution >= 0.6 is 0 Å². The SMILES string of the molecule is O=C(O)N(CCCC(CCCN(C(=O)O)c1c(O)c(=O)ccn1CC(O)CO)(CCCN(C(=O)O)c1c(O)c(=O)ccn1CC(O)CO)N(C(=O)O)c1ccccc1)c1c(O)c(=O)ccn1CC(O)CO. The number of carbonyl (C=O) groups is 4. The number of carboxylic acid groups (broad SMARTS) is 4. The second kappa shape index (κ2) is 25.3. The maximum absolute atomic E-state index is 13.7. The number of hydrogen-bond acceptors (Lipinski definition) is 16. The third-order valence-corrected chi connectivity index (χ3v) is 11.4. The van der Waals surface area contributed by atoms with Crippen LogP contribution in [-0.2, 0) is 19.6 Å². The first-order valence-corrected chi connectivity index (χ1v) is 21.9. The Labute approximate surface area is 402 Å². The van der Waals surface area contributed by atoms with Gasteiger partial charge in [-0.05, 0) is 50.7 Å². The van der Waals surface area contributed by atoms with Crippen molar-refractivity contribution < 1.29 is 85.6 Å². The Kier molecular flexibility index (Phi) is 19.9. The Bertz CT molecular complexity index is 2420. The molecule has 1 aromatic carbocycles. The van der Waals surface area contributed by atoms with Gasteiger partial charge >= 0.3 is 24.4 Å². The predicted octanol–water partition coefficient (Wildman–Crippen LogP) is 0.466. The second-order valence-electron chi connectivity index (χ2n) is 16.3. The number of pyridine rings is 3. The number of para-hydroxylation sites is 1. The molecular weight excluding hydrogens is 947 g/mol. The number of aromatic nitrogens is 3. The van der Waals surface area contributed by atoms with Gasteiger partial charge in [-0.15, -0.1) is 0 Å². The average molecular weight is 1000 g/mol. The highest BCUT2D eigenvalue weighted by Crippen LogP contribution is 2.39. The Balaban J connectivity index is 1.91. The lowest BCUT2D eigenvalue weighted by atomic mass is 9.81. The molecule has 0 aliphatic carbocycles. The van der Waals surface area contributed by atoms with E-state index in [0.29, 0.717) is 14.7 Å². The molecule has 3 heterocycles. The van der Waals surface area contributed by atoms with Crippen LogP contribution in [0.15, 0.2) is 81.5 Å². The zero-order chi connectivity index (χ0) is 52.7. The van der Waals surface area contributed by atoms with Gasteiger partial charge in [-0.1, -0.05) is 18.2 Å². The summed E-state index contributed by atoms with van der Waals surface area (Å²) < 4.78 is 2.97. The fraction of sp³-hybridized carbons (Fsp3) is 0.432. The van der Waals surface area contributed by atoms with E-state index in [2.05, 4.69) is 0 Å². The molecule has 0 saturated heterocycles. The van der Waals surface area contributed by atoms with Crippen LogP contribution in [0.3, 0.4) is 0 Å². The highest BCUT2D eigenvalue weighted by Gasteiger charge is 2.41. The van der Waals surface area contributed by atoms with E-state index < -0.39 is 158 Å². The normalized spacial score (nSPS) is 13.4. The Morgan fingerprint density at radius 3 is 1.03 bits per heavy atom. The summed E-state index contributed by atoms with van der Waals surface area (Å²) in [6.45, 7) is -5.81. The quantitative estimate of drug-likeness (QED) is 0.0406. The van der Waals surface area contributed by atoms with Crippen molar-refractivity contribution in [2.45, 2.75) is 82.0 Å². The van der Waals surface area contributed by atoms with Crippen LogP contribution in [-0.4, -0.2) is 168 Å². The number of hydrogen-bond donors (Lipinski definition) is 13. The van der Waals surface area contributed by atoms with Crippen molar-refractivity contribution in [3.63, 3.8) is 0 Å². The number of nitrogens with zero attached hydrogens (tertiary/aromatic N) is 7. The zero-order valence-electron chi connectivity index (χ0n) is 38.0. The van der Waals surface area contributed by atoms with Crippen LogP contribution in [0.25, 0.3) is 0 Å². The van der Waals surface area contributed by atoms with Crippen molar-refractivity contribution in [3.8, 4) is 17.2 Å². The van der Waals surface area contributed by atoms with Crippen molar-refractivity contribution in [1.29, 1.82) is 0 Å². The molecule has 4 amide bonds. The van der Waals surface area contributed by atoms with Gasteiger partial charge in [0.05, 0.1) is 63.3 Å². The zero-order valence-corrected chi connectivity index (χ0v) is 38.0. The first-order chi connectivity index (χ1) is 33.6. The third-order valence-electron chi connectivity index (χ3n) is 11.4. The van der Waals surface area contributed by atoms with Gasteiger partial charge in [0, 0.05) is 62.1 Å². The van der Waals surface area contributed by atoms with Crippen molar-refractivity contribution in [2.24, 2.45) is 0 Å². The average Bonchev–Trinajstić information content (AvgIpc) is 3.32. The molecule has 0 saturated carbocycles. The number of benzene rings is 1. The van der Waals surface area contributed by atoms with E-state index in [0.717, 1.165) is 55.4 Å². The van der Waals surface area contributed by atoms with Crippen LogP contribution in [0.5, 0.6) is 17.2 Å². The lowest BCUT2D eigenvalue weighted by Crippen LogP contribution is -2.53. The first-order valence-electron chi connectivity index (χ1n) is 21.9. The molecule has 27 nitrogen and oxygen atoms in total. The largest absolute Gasteiger partial charge is 0.502 e. The molecule has 3 aromatic heterocycles. The van der Waals surface area contributed by atoms with Gasteiger partial charge in [-0.2, -0.15) is 0 Å². The summed E-state index contributed by atoms with van der Waals surface area (Å²) in [5.41, 5.74) is -4.92. The lowest BCUT2D eigenvalue weighted by Gasteiger charge is -2.44. The number of amides is 4. The smallest absolute Gasteiger partial charge is 0.413 e. The van der Waals surface area contributed by atoms with Gasteiger partial charge in [-0.25, -0.2) is 19.2 Å². The molecule has 3 unspecified atom stereocenters. The highest BCUT2D eigenvalue weighted by molar-refractivity contribution is 5.89. The number of aliphatic hydroxyl groups is 6. The first kappa shape index (κ1) is 55.9. The molecule has 71 heavy (non-hydrogen) atoms. The maximum Gasteiger partial charge on any atom is 0.413 e. The molecule has 388 valence electrons. The van der Waals surface area contributed by atoms with Crippen molar-refractivity contribution in [2.75, 3.05) is 59.1 Å². The Morgan fingerprint density at radius 2 is 0.775 bits per heavy atom. The molecular formula is C44H57N7O20. The molecule has 3 atom stereocenters. The number of rotatable bonds is 26. The minimum Gasteiger partial charge on any atom is -0.502 e. The molecule has 0 aliphatic heterocycles. The van der Waals surface area contributed by atoms with E-state index >= 15 is 0 Å². The van der Waals surface area contributed by atoms with Crippen LogP contribution in [0.4, 0.5) is 42.3 Å². The van der Waals surface area contributed by atoms with E-state index in [9.17, 15) is 99.9 Å². The van der Waals surface area contributed by atoms with Crippen molar-refractivity contribution in [1.82, 2.24) is 13.7 Å². The van der Waals surface area contributed by atoms with Crippen LogP contribution in [0.1, 0.15) is 38.5 Å². The van der Waals surface area contributed by atoms with E-state index in [1.165, 1.54) is 24.3 Å². The molecule has 13 N–H and O–H groups in total. The molecule has 0 radical (unpaired) electrons. The monoisotopic (exact) mass is 1000 g/mol. The van der Waals surface area contributed by atoms with E-state index in [4.69, 9.17) is 0 Å². The number of aliphatic hydroxyl groups excluding tert-OH is 6. The lowest BCUT2D eigenvalue weighted by molar-refractivity contribution is 0.0811. The summed E-state index contributed by atoms with van der Waals surface area (Å²) in [5, 5.41) is 134. The molecule has 0 spiro atoms. The van der Waals surface area contributed by atoms with Crippen LogP contribution < -0.4 is 35.9 Å². The van der Waals surface area contributed by atoms with Gasteiger partial charge in [0.15, 0.2) is 17.5 Å². The minimum atomic E-state index is -1.85. The van der Waals surface area contributed by atoms with Crippen LogP contribution in [0.2, 0.25) is 0 Å². The van der Waals surface area contributed by atoms with Gasteiger partial charge in [0.1, 0.15) is 0 Å². The Hall–Kier alpha value is -7.69. The fourth-order valence-corrected chi connectivity index (χ4v) is 8.26. The fourth-order valence-electron chi connectivity index (χ4n) is 8.26. The summed E-state index contributed by atoms with van der Waals surface area (Å²) in [6.07, 6.45) is -10.4. The number of aromatic hydroxyl groups is 3. The van der Waals surface area contributed by atoms with Crippen LogP contribution in [0, 0.1) is 0 Å². The Morgan fingerprint density at radius 1 is 0.479 bits per heavy atom. The van der Waals surface area contributed by atoms with Crippen molar-refractivity contribution in [3.05, 3.63) is 97.8 Å². The highest BCUT2D eigenvalue weighted by atomic mass is 16.4. The molecule has 27 heteroatoms. The molecule has 4 rings (SSSR count). The predicted molar refractivity (Wildman–Crippen MR) is 250 cm³/mol. The van der Waals surface area contributed by atoms with Gasteiger partial charge in [0.25, 0.3) is 0 Å². The van der Waals surface area contributed by atoms with E-state index in [-0.39, 0.29) is 44.2 Å². The molecule has 0 fully saturated rings. The van der Waals surface area contributed by atoms with Gasteiger partial charge in [-0.3, -0.25) is 34.0 Å². The molecule has 4 aromatic rings. The van der Waals surface area contributed by atoms with E-state index in [1.54, 1.807) is 6.07 Å². The van der Waals surface area contributed by atoms with Gasteiger partial charge < -0.3 is 80.1 Å². The molecule has 0 bridgehead atoms. The number of anilines is 4. The van der Waals surface area contributed by atoms with Crippen molar-refractivity contribution >= 4 is 47.5 Å². The third kappa shape index (κ3) is 13.8. The maximum atomic E-state index is 13.7. The topological polar surface area (TPSA) is 410 Å². The van der Waals surface area contributed by atoms with Gasteiger partial charge in [0.2, 0.25) is 33.5 Å².